The van der Waals surface area contributed by atoms with E-state index in [-0.39, 0.29) is 0 Å². The Morgan fingerprint density at radius 1 is 1.24 bits per heavy atom. The van der Waals surface area contributed by atoms with Crippen molar-refractivity contribution in [3.8, 4) is 0 Å². The summed E-state index contributed by atoms with van der Waals surface area (Å²) in [5, 5.41) is 9.76. The van der Waals surface area contributed by atoms with E-state index >= 15 is 0 Å². The Morgan fingerprint density at radius 3 is 2.47 bits per heavy atom. The molecule has 2 aromatic rings. The monoisotopic (exact) mass is 231 g/mol. The number of Topliss-reactive ketones (excluding diaryl/α,β-unsaturated/α-hetero) is 1. The van der Waals surface area contributed by atoms with E-state index < -0.39 is 17.2 Å². The van der Waals surface area contributed by atoms with Crippen molar-refractivity contribution in [2.24, 2.45) is 0 Å². The number of carboxylic acids is 1. The summed E-state index contributed by atoms with van der Waals surface area (Å²) in [7, 11) is 0. The number of carbonyl (C=O) groups excluding carboxylic acids is 1. The smallest absolute Gasteiger partial charge is 0.373 e. The third-order valence-electron chi connectivity index (χ3n) is 2.97. The minimum Gasteiger partial charge on any atom is -0.475 e. The molecule has 88 valence electrons. The van der Waals surface area contributed by atoms with Gasteiger partial charge in [-0.1, -0.05) is 18.2 Å². The zero-order chi connectivity index (χ0) is 12.6. The molecule has 17 heavy (non-hydrogen) atoms. The van der Waals surface area contributed by atoms with Gasteiger partial charge >= 0.3 is 5.97 Å². The van der Waals surface area contributed by atoms with Gasteiger partial charge in [0.1, 0.15) is 0 Å². The highest BCUT2D eigenvalue weighted by Gasteiger charge is 2.35. The molecule has 0 bridgehead atoms. The molecule has 1 heterocycles. The van der Waals surface area contributed by atoms with Crippen molar-refractivity contribution in [1.82, 2.24) is 4.98 Å². The van der Waals surface area contributed by atoms with Crippen LogP contribution < -0.4 is 0 Å². The van der Waals surface area contributed by atoms with Crippen molar-refractivity contribution in [3.05, 3.63) is 36.0 Å². The Balaban J connectivity index is 2.52. The van der Waals surface area contributed by atoms with Crippen LogP contribution in [0.15, 0.2) is 30.3 Å². The van der Waals surface area contributed by atoms with E-state index in [9.17, 15) is 9.59 Å². The number of hydrogen-bond donors (Lipinski definition) is 2. The molecule has 2 rings (SSSR count). The molecule has 0 aliphatic heterocycles. The van der Waals surface area contributed by atoms with Crippen LogP contribution in [0.5, 0.6) is 0 Å². The maximum Gasteiger partial charge on any atom is 0.373 e. The first-order valence-corrected chi connectivity index (χ1v) is 5.29. The molecule has 4 nitrogen and oxygen atoms in total. The van der Waals surface area contributed by atoms with Gasteiger partial charge in [-0.2, -0.15) is 0 Å². The van der Waals surface area contributed by atoms with Crippen LogP contribution >= 0.6 is 0 Å². The summed E-state index contributed by atoms with van der Waals surface area (Å²) in [4.78, 5) is 25.5. The fraction of sp³-hybridized carbons (Fsp3) is 0.231. The zero-order valence-corrected chi connectivity index (χ0v) is 9.65. The molecular formula is C13H13NO3. The topological polar surface area (TPSA) is 70.2 Å². The molecule has 1 aromatic carbocycles. The number of nitrogens with one attached hydrogen (secondary N) is 1. The van der Waals surface area contributed by atoms with Crippen LogP contribution in [0.4, 0.5) is 0 Å². The molecule has 0 amide bonds. The van der Waals surface area contributed by atoms with Crippen LogP contribution in [0.1, 0.15) is 19.5 Å². The van der Waals surface area contributed by atoms with Crippen LogP contribution in [0.2, 0.25) is 0 Å². The summed E-state index contributed by atoms with van der Waals surface area (Å²) in [5.41, 5.74) is 0.463. The van der Waals surface area contributed by atoms with Gasteiger partial charge in [-0.15, -0.1) is 0 Å². The van der Waals surface area contributed by atoms with E-state index in [4.69, 9.17) is 5.11 Å². The van der Waals surface area contributed by atoms with Crippen LogP contribution in [-0.2, 0) is 15.0 Å². The number of aliphatic carboxylic acids is 1. The number of benzene rings is 1. The maximum atomic E-state index is 11.6. The van der Waals surface area contributed by atoms with Gasteiger partial charge in [-0.3, -0.25) is 4.79 Å². The normalized spacial score (nSPS) is 11.6. The third kappa shape index (κ3) is 1.82. The molecule has 1 aromatic heterocycles. The van der Waals surface area contributed by atoms with Crippen molar-refractivity contribution in [2.75, 3.05) is 0 Å². The van der Waals surface area contributed by atoms with E-state index in [1.807, 2.05) is 30.3 Å². The summed E-state index contributed by atoms with van der Waals surface area (Å²) < 4.78 is 0. The van der Waals surface area contributed by atoms with Gasteiger partial charge in [0.25, 0.3) is 5.78 Å². The molecule has 0 unspecified atom stereocenters. The molecule has 0 atom stereocenters. The Labute approximate surface area is 98.3 Å². The number of rotatable bonds is 3. The predicted octanol–water partition coefficient (Wildman–Crippen LogP) is 2.10. The summed E-state index contributed by atoms with van der Waals surface area (Å²) >= 11 is 0. The fourth-order valence-electron chi connectivity index (χ4n) is 1.80. The van der Waals surface area contributed by atoms with Crippen molar-refractivity contribution in [3.63, 3.8) is 0 Å². The highest BCUT2D eigenvalue weighted by atomic mass is 16.4. The van der Waals surface area contributed by atoms with E-state index in [0.29, 0.717) is 5.69 Å². The van der Waals surface area contributed by atoms with Crippen LogP contribution in [0.25, 0.3) is 10.9 Å². The second-order valence-corrected chi connectivity index (χ2v) is 4.53. The van der Waals surface area contributed by atoms with Gasteiger partial charge in [0.05, 0.1) is 5.41 Å². The van der Waals surface area contributed by atoms with E-state index in [1.165, 1.54) is 0 Å². The standard InChI is InChI=1S/C13H13NO3/c1-13(2,11(15)12(16)17)10-7-8-5-3-4-6-9(8)14-10/h3-7,14H,1-2H3,(H,16,17). The molecule has 0 aliphatic rings. The highest BCUT2D eigenvalue weighted by Crippen LogP contribution is 2.27. The van der Waals surface area contributed by atoms with Crippen LogP contribution in [0.3, 0.4) is 0 Å². The predicted molar refractivity (Wildman–Crippen MR) is 64.0 cm³/mol. The average molecular weight is 231 g/mol. The Bertz CT molecular complexity index is 562. The zero-order valence-electron chi connectivity index (χ0n) is 9.65. The number of H-pyrrole nitrogens is 1. The van der Waals surface area contributed by atoms with Crippen LogP contribution in [-0.4, -0.2) is 21.8 Å². The van der Waals surface area contributed by atoms with Crippen LogP contribution in [0, 0.1) is 0 Å². The quantitative estimate of drug-likeness (QED) is 0.795. The van der Waals surface area contributed by atoms with Gasteiger partial charge in [-0.05, 0) is 31.4 Å². The molecule has 0 spiro atoms. The number of ketones is 1. The van der Waals surface area contributed by atoms with E-state index in [1.54, 1.807) is 13.8 Å². The first-order chi connectivity index (χ1) is 7.93. The number of fused-ring (bicyclic) bond motifs is 1. The van der Waals surface area contributed by atoms with E-state index in [0.717, 1.165) is 10.9 Å². The van der Waals surface area contributed by atoms with Crippen molar-refractivity contribution < 1.29 is 14.7 Å². The van der Waals surface area contributed by atoms with Crippen molar-refractivity contribution in [2.45, 2.75) is 19.3 Å². The van der Waals surface area contributed by atoms with Gasteiger partial charge in [0, 0.05) is 11.2 Å². The molecule has 0 saturated heterocycles. The second kappa shape index (κ2) is 3.73. The fourth-order valence-corrected chi connectivity index (χ4v) is 1.80. The van der Waals surface area contributed by atoms with Crippen molar-refractivity contribution in [1.29, 1.82) is 0 Å². The van der Waals surface area contributed by atoms with E-state index in [2.05, 4.69) is 4.98 Å². The summed E-state index contributed by atoms with van der Waals surface area (Å²) in [6.45, 7) is 3.21. The summed E-state index contributed by atoms with van der Waals surface area (Å²) in [6, 6.07) is 9.40. The highest BCUT2D eigenvalue weighted by molar-refractivity contribution is 6.36. The lowest BCUT2D eigenvalue weighted by Gasteiger charge is -2.18. The number of carbonyl (C=O) groups is 2. The van der Waals surface area contributed by atoms with Gasteiger partial charge < -0.3 is 10.1 Å². The lowest BCUT2D eigenvalue weighted by molar-refractivity contribution is -0.151. The number of para-hydroxylation sites is 1. The largest absolute Gasteiger partial charge is 0.475 e. The van der Waals surface area contributed by atoms with Gasteiger partial charge in [-0.25, -0.2) is 4.79 Å². The number of carboxylic acid groups (broad SMARTS) is 1. The SMILES string of the molecule is CC(C)(C(=O)C(=O)O)c1cc2ccccc2[nH]1. The Morgan fingerprint density at radius 2 is 1.88 bits per heavy atom. The van der Waals surface area contributed by atoms with Gasteiger partial charge in [0.2, 0.25) is 0 Å². The first kappa shape index (κ1) is 11.4. The first-order valence-electron chi connectivity index (χ1n) is 5.29. The summed E-state index contributed by atoms with van der Waals surface area (Å²) in [5.74, 6) is -2.22. The van der Waals surface area contributed by atoms with Gasteiger partial charge in [0.15, 0.2) is 0 Å². The molecule has 0 fully saturated rings. The molecule has 0 saturated carbocycles. The number of aromatic nitrogens is 1. The average Bonchev–Trinajstić information content (AvgIpc) is 2.71. The third-order valence-corrected chi connectivity index (χ3v) is 2.97. The second-order valence-electron chi connectivity index (χ2n) is 4.53. The molecule has 4 heteroatoms. The number of aromatic amines is 1. The Kier molecular flexibility index (Phi) is 2.50. The van der Waals surface area contributed by atoms with Crippen molar-refractivity contribution >= 4 is 22.7 Å². The molecular weight excluding hydrogens is 218 g/mol. The lowest BCUT2D eigenvalue weighted by atomic mass is 9.84. The number of hydrogen-bond acceptors (Lipinski definition) is 2. The molecule has 2 N–H and O–H groups in total. The summed E-state index contributed by atoms with van der Waals surface area (Å²) in [6.07, 6.45) is 0. The Hall–Kier alpha value is -2.10. The molecule has 0 aliphatic carbocycles. The lowest BCUT2D eigenvalue weighted by Crippen LogP contribution is -2.35. The minimum absolute atomic E-state index is 0.617. The molecule has 0 radical (unpaired) electrons. The minimum atomic E-state index is -1.41. The maximum absolute atomic E-state index is 11.6.